The maximum absolute atomic E-state index is 6.30. The molecule has 3 rings (SSSR count). The predicted molar refractivity (Wildman–Crippen MR) is 87.1 cm³/mol. The molecule has 1 atom stereocenters. The van der Waals surface area contributed by atoms with E-state index in [0.29, 0.717) is 0 Å². The van der Waals surface area contributed by atoms with Gasteiger partial charge in [0.1, 0.15) is 5.75 Å². The molecule has 110 valence electrons. The summed E-state index contributed by atoms with van der Waals surface area (Å²) in [5, 5.41) is 0.782. The second kappa shape index (κ2) is 6.50. The van der Waals surface area contributed by atoms with Crippen LogP contribution in [-0.4, -0.2) is 12.6 Å². The van der Waals surface area contributed by atoms with Crippen molar-refractivity contribution in [3.05, 3.63) is 64.2 Å². The average molecular weight is 302 g/mol. The van der Waals surface area contributed by atoms with E-state index in [0.717, 1.165) is 48.6 Å². The lowest BCUT2D eigenvalue weighted by molar-refractivity contribution is 0.352. The van der Waals surface area contributed by atoms with Crippen molar-refractivity contribution in [2.75, 3.05) is 6.61 Å². The molecule has 0 saturated carbocycles. The predicted octanol–water partition coefficient (Wildman–Crippen LogP) is 3.78. The van der Waals surface area contributed by atoms with Crippen LogP contribution >= 0.6 is 11.6 Å². The molecule has 1 aliphatic rings. The van der Waals surface area contributed by atoms with E-state index in [2.05, 4.69) is 24.3 Å². The molecule has 1 aliphatic heterocycles. The monoisotopic (exact) mass is 301 g/mol. The number of aryl methyl sites for hydroxylation is 1. The van der Waals surface area contributed by atoms with Crippen molar-refractivity contribution in [3.8, 4) is 5.75 Å². The zero-order valence-electron chi connectivity index (χ0n) is 12.0. The Kier molecular flexibility index (Phi) is 4.47. The molecule has 3 heteroatoms. The Hall–Kier alpha value is -1.51. The van der Waals surface area contributed by atoms with Gasteiger partial charge in [-0.3, -0.25) is 0 Å². The highest BCUT2D eigenvalue weighted by molar-refractivity contribution is 6.30. The summed E-state index contributed by atoms with van der Waals surface area (Å²) < 4.78 is 5.73. The Balaban J connectivity index is 1.64. The molecule has 0 fully saturated rings. The van der Waals surface area contributed by atoms with Crippen LogP contribution in [0.3, 0.4) is 0 Å². The molecule has 2 aromatic carbocycles. The number of nitrogens with two attached hydrogens (primary N) is 1. The molecule has 2 N–H and O–H groups in total. The summed E-state index contributed by atoms with van der Waals surface area (Å²) in [6, 6.07) is 14.6. The minimum absolute atomic E-state index is 0.122. The van der Waals surface area contributed by atoms with Crippen LogP contribution in [0.2, 0.25) is 5.02 Å². The summed E-state index contributed by atoms with van der Waals surface area (Å²) in [7, 11) is 0. The molecular formula is C18H20ClNO. The molecular weight excluding hydrogens is 282 g/mol. The first-order chi connectivity index (χ1) is 10.2. The Morgan fingerprint density at radius 1 is 1.19 bits per heavy atom. The first kappa shape index (κ1) is 14.4. The lowest BCUT2D eigenvalue weighted by Crippen LogP contribution is -2.23. The largest absolute Gasteiger partial charge is 0.493 e. The van der Waals surface area contributed by atoms with E-state index in [1.807, 2.05) is 18.2 Å². The van der Waals surface area contributed by atoms with E-state index in [1.165, 1.54) is 11.1 Å². The van der Waals surface area contributed by atoms with Crippen molar-refractivity contribution in [2.24, 2.45) is 5.73 Å². The van der Waals surface area contributed by atoms with Crippen molar-refractivity contribution >= 4 is 11.6 Å². The third kappa shape index (κ3) is 3.58. The van der Waals surface area contributed by atoms with E-state index in [1.54, 1.807) is 0 Å². The summed E-state index contributed by atoms with van der Waals surface area (Å²) in [6.45, 7) is 0.752. The number of ether oxygens (including phenoxy) is 1. The fraction of sp³-hybridized carbons (Fsp3) is 0.333. The van der Waals surface area contributed by atoms with Gasteiger partial charge < -0.3 is 10.5 Å². The van der Waals surface area contributed by atoms with E-state index in [4.69, 9.17) is 22.1 Å². The van der Waals surface area contributed by atoms with Gasteiger partial charge in [-0.1, -0.05) is 41.9 Å². The standard InChI is InChI=1S/C18H20ClNO/c19-16-10-14-8-9-21-18(14)15(11-16)12-17(20)7-6-13-4-2-1-3-5-13/h1-5,10-11,17H,6-9,12,20H2. The lowest BCUT2D eigenvalue weighted by atomic mass is 9.97. The summed E-state index contributed by atoms with van der Waals surface area (Å²) >= 11 is 6.19. The SMILES string of the molecule is NC(CCc1ccccc1)Cc1cc(Cl)cc2c1OCC2. The van der Waals surface area contributed by atoms with E-state index < -0.39 is 0 Å². The Labute approximate surface area is 130 Å². The van der Waals surface area contributed by atoms with Crippen LogP contribution in [0, 0.1) is 0 Å². The van der Waals surface area contributed by atoms with Gasteiger partial charge in [-0.15, -0.1) is 0 Å². The summed E-state index contributed by atoms with van der Waals surface area (Å²) in [6.07, 6.45) is 3.73. The van der Waals surface area contributed by atoms with Gasteiger partial charge in [-0.05, 0) is 48.1 Å². The fourth-order valence-corrected chi connectivity index (χ4v) is 3.14. The number of benzene rings is 2. The fourth-order valence-electron chi connectivity index (χ4n) is 2.88. The molecule has 0 aliphatic carbocycles. The molecule has 2 aromatic rings. The van der Waals surface area contributed by atoms with Crippen molar-refractivity contribution in [1.29, 1.82) is 0 Å². The average Bonchev–Trinajstić information content (AvgIpc) is 2.94. The Morgan fingerprint density at radius 3 is 2.81 bits per heavy atom. The maximum Gasteiger partial charge on any atom is 0.125 e. The quantitative estimate of drug-likeness (QED) is 0.912. The van der Waals surface area contributed by atoms with Gasteiger partial charge >= 0.3 is 0 Å². The van der Waals surface area contributed by atoms with Crippen LogP contribution in [0.4, 0.5) is 0 Å². The highest BCUT2D eigenvalue weighted by Gasteiger charge is 2.19. The van der Waals surface area contributed by atoms with Gasteiger partial charge in [0.25, 0.3) is 0 Å². The smallest absolute Gasteiger partial charge is 0.125 e. The van der Waals surface area contributed by atoms with Crippen LogP contribution in [-0.2, 0) is 19.3 Å². The van der Waals surface area contributed by atoms with E-state index in [9.17, 15) is 0 Å². The third-order valence-corrected chi connectivity index (χ3v) is 4.17. The molecule has 0 amide bonds. The number of halogens is 1. The molecule has 1 heterocycles. The maximum atomic E-state index is 6.30. The van der Waals surface area contributed by atoms with Crippen LogP contribution in [0.5, 0.6) is 5.75 Å². The van der Waals surface area contributed by atoms with Crippen molar-refractivity contribution in [1.82, 2.24) is 0 Å². The molecule has 0 aromatic heterocycles. The topological polar surface area (TPSA) is 35.2 Å². The highest BCUT2D eigenvalue weighted by atomic mass is 35.5. The number of hydrogen-bond acceptors (Lipinski definition) is 2. The summed E-state index contributed by atoms with van der Waals surface area (Å²) in [5.74, 6) is 1.01. The van der Waals surface area contributed by atoms with Crippen molar-refractivity contribution in [2.45, 2.75) is 31.7 Å². The Bertz CT molecular complexity index is 612. The minimum Gasteiger partial charge on any atom is -0.493 e. The van der Waals surface area contributed by atoms with Crippen LogP contribution < -0.4 is 10.5 Å². The van der Waals surface area contributed by atoms with Crippen LogP contribution in [0.1, 0.15) is 23.1 Å². The van der Waals surface area contributed by atoms with Gasteiger partial charge in [0.05, 0.1) is 6.61 Å². The van der Waals surface area contributed by atoms with Crippen LogP contribution in [0.25, 0.3) is 0 Å². The van der Waals surface area contributed by atoms with Gasteiger partial charge in [-0.2, -0.15) is 0 Å². The second-order valence-corrected chi connectivity index (χ2v) is 6.08. The lowest BCUT2D eigenvalue weighted by Gasteiger charge is -2.14. The second-order valence-electron chi connectivity index (χ2n) is 5.64. The van der Waals surface area contributed by atoms with Crippen molar-refractivity contribution in [3.63, 3.8) is 0 Å². The van der Waals surface area contributed by atoms with Gasteiger partial charge in [0, 0.05) is 17.5 Å². The van der Waals surface area contributed by atoms with Crippen LogP contribution in [0.15, 0.2) is 42.5 Å². The molecule has 0 spiro atoms. The Morgan fingerprint density at radius 2 is 2.00 bits per heavy atom. The number of rotatable bonds is 5. The number of hydrogen-bond donors (Lipinski definition) is 1. The third-order valence-electron chi connectivity index (χ3n) is 3.95. The zero-order chi connectivity index (χ0) is 14.7. The highest BCUT2D eigenvalue weighted by Crippen LogP contribution is 2.33. The molecule has 21 heavy (non-hydrogen) atoms. The number of fused-ring (bicyclic) bond motifs is 1. The van der Waals surface area contributed by atoms with Gasteiger partial charge in [0.2, 0.25) is 0 Å². The van der Waals surface area contributed by atoms with Gasteiger partial charge in [0.15, 0.2) is 0 Å². The molecule has 0 bridgehead atoms. The van der Waals surface area contributed by atoms with E-state index in [-0.39, 0.29) is 6.04 Å². The normalized spacial score (nSPS) is 14.6. The minimum atomic E-state index is 0.122. The first-order valence-corrected chi connectivity index (χ1v) is 7.84. The zero-order valence-corrected chi connectivity index (χ0v) is 12.8. The molecule has 1 unspecified atom stereocenters. The summed E-state index contributed by atoms with van der Waals surface area (Å²) in [5.41, 5.74) is 10.00. The van der Waals surface area contributed by atoms with Gasteiger partial charge in [-0.25, -0.2) is 0 Å². The molecule has 0 radical (unpaired) electrons. The molecule has 0 saturated heterocycles. The summed E-state index contributed by atoms with van der Waals surface area (Å²) in [4.78, 5) is 0. The van der Waals surface area contributed by atoms with Crippen molar-refractivity contribution < 1.29 is 4.74 Å². The molecule has 2 nitrogen and oxygen atoms in total. The first-order valence-electron chi connectivity index (χ1n) is 7.46. The van der Waals surface area contributed by atoms with E-state index >= 15 is 0 Å².